The van der Waals surface area contributed by atoms with Crippen molar-refractivity contribution < 1.29 is 19.8 Å². The maximum Gasteiger partial charge on any atom is 0.328 e. The Morgan fingerprint density at radius 3 is 2.65 bits per heavy atom. The quantitative estimate of drug-likeness (QED) is 0.468. The van der Waals surface area contributed by atoms with Crippen LogP contribution in [0.25, 0.3) is 0 Å². The van der Waals surface area contributed by atoms with E-state index < -0.39 is 17.0 Å². The van der Waals surface area contributed by atoms with Gasteiger partial charge < -0.3 is 10.2 Å². The summed E-state index contributed by atoms with van der Waals surface area (Å²) < 4.78 is 0. The van der Waals surface area contributed by atoms with Crippen molar-refractivity contribution in [3.8, 4) is 12.3 Å². The highest BCUT2D eigenvalue weighted by molar-refractivity contribution is 5.93. The molecule has 0 aromatic rings. The van der Waals surface area contributed by atoms with Crippen molar-refractivity contribution in [1.29, 1.82) is 0 Å². The third-order valence-electron chi connectivity index (χ3n) is 3.60. The van der Waals surface area contributed by atoms with Crippen LogP contribution in [-0.2, 0) is 9.59 Å². The Labute approximate surface area is 118 Å². The molecular formula is C16H18O4. The third kappa shape index (κ3) is 2.89. The molecule has 0 radical (unpaired) electrons. The summed E-state index contributed by atoms with van der Waals surface area (Å²) in [5.41, 5.74) is -1.60. The van der Waals surface area contributed by atoms with Crippen LogP contribution in [-0.4, -0.2) is 27.6 Å². The highest BCUT2D eigenvalue weighted by atomic mass is 16.4. The number of allylic oxidation sites excluding steroid dienone is 3. The fourth-order valence-corrected chi connectivity index (χ4v) is 2.29. The third-order valence-corrected chi connectivity index (χ3v) is 3.60. The maximum absolute atomic E-state index is 11.6. The number of carbonyl (C=O) groups is 2. The molecule has 2 atom stereocenters. The number of aliphatic hydroxyl groups is 1. The molecule has 0 aromatic heterocycles. The Hall–Kier alpha value is -2.12. The van der Waals surface area contributed by atoms with Gasteiger partial charge in [-0.15, -0.1) is 6.42 Å². The predicted octanol–water partition coefficient (Wildman–Crippen LogP) is 1.86. The van der Waals surface area contributed by atoms with Crippen LogP contribution >= 0.6 is 0 Å². The zero-order valence-electron chi connectivity index (χ0n) is 11.8. The standard InChI is InChI=1S/C16H18O4/c1-5-15(4)10-13(17)9-12(3)16(15,20)7-6-11(2)8-14(18)19/h1,6-9,20H,10H2,2-4H3,(H,18,19)/b7-6+,11-8+/t15-,16+/m0/s1. The van der Waals surface area contributed by atoms with E-state index in [1.165, 1.54) is 18.2 Å². The van der Waals surface area contributed by atoms with E-state index in [9.17, 15) is 14.7 Å². The molecule has 1 aliphatic carbocycles. The summed E-state index contributed by atoms with van der Waals surface area (Å²) in [6, 6.07) is 0. The molecule has 20 heavy (non-hydrogen) atoms. The first kappa shape index (κ1) is 15.9. The van der Waals surface area contributed by atoms with Gasteiger partial charge >= 0.3 is 5.97 Å². The Balaban J connectivity index is 3.27. The van der Waals surface area contributed by atoms with Crippen molar-refractivity contribution in [2.24, 2.45) is 5.41 Å². The molecule has 0 amide bonds. The van der Waals surface area contributed by atoms with E-state index in [1.807, 2.05) is 0 Å². The molecular weight excluding hydrogens is 256 g/mol. The topological polar surface area (TPSA) is 74.6 Å². The fourth-order valence-electron chi connectivity index (χ4n) is 2.29. The van der Waals surface area contributed by atoms with E-state index in [2.05, 4.69) is 5.92 Å². The van der Waals surface area contributed by atoms with E-state index in [0.29, 0.717) is 11.1 Å². The second kappa shape index (κ2) is 5.48. The number of carboxylic acid groups (broad SMARTS) is 1. The minimum Gasteiger partial charge on any atom is -0.478 e. The van der Waals surface area contributed by atoms with Crippen LogP contribution in [0.1, 0.15) is 27.2 Å². The molecule has 0 bridgehead atoms. The second-order valence-corrected chi connectivity index (χ2v) is 5.27. The van der Waals surface area contributed by atoms with Gasteiger partial charge in [-0.3, -0.25) is 4.79 Å². The molecule has 4 nitrogen and oxygen atoms in total. The van der Waals surface area contributed by atoms with Crippen LogP contribution in [0.3, 0.4) is 0 Å². The summed E-state index contributed by atoms with van der Waals surface area (Å²) in [4.78, 5) is 22.2. The summed E-state index contributed by atoms with van der Waals surface area (Å²) in [6.07, 6.45) is 10.9. The number of rotatable bonds is 3. The maximum atomic E-state index is 11.6. The van der Waals surface area contributed by atoms with Crippen LogP contribution in [0.4, 0.5) is 0 Å². The molecule has 106 valence electrons. The molecule has 4 heteroatoms. The largest absolute Gasteiger partial charge is 0.478 e. The Bertz CT molecular complexity index is 574. The number of carboxylic acids is 1. The van der Waals surface area contributed by atoms with Gasteiger partial charge in [0, 0.05) is 12.5 Å². The van der Waals surface area contributed by atoms with Crippen LogP contribution in [0.2, 0.25) is 0 Å². The van der Waals surface area contributed by atoms with E-state index in [4.69, 9.17) is 11.5 Å². The van der Waals surface area contributed by atoms with Gasteiger partial charge in [-0.2, -0.15) is 0 Å². The molecule has 0 saturated heterocycles. The van der Waals surface area contributed by atoms with Crippen molar-refractivity contribution in [2.45, 2.75) is 32.8 Å². The summed E-state index contributed by atoms with van der Waals surface area (Å²) in [5.74, 6) is 1.31. The zero-order valence-corrected chi connectivity index (χ0v) is 11.8. The lowest BCUT2D eigenvalue weighted by Gasteiger charge is -2.42. The van der Waals surface area contributed by atoms with Gasteiger partial charge in [0.25, 0.3) is 0 Å². The van der Waals surface area contributed by atoms with Crippen molar-refractivity contribution in [1.82, 2.24) is 0 Å². The number of ketones is 1. The van der Waals surface area contributed by atoms with Crippen LogP contribution in [0.5, 0.6) is 0 Å². The number of hydrogen-bond acceptors (Lipinski definition) is 3. The molecule has 0 spiro atoms. The molecule has 0 aliphatic heterocycles. The average Bonchev–Trinajstić information content (AvgIpc) is 2.33. The number of hydrogen-bond donors (Lipinski definition) is 2. The number of terminal acetylenes is 1. The van der Waals surface area contributed by atoms with Gasteiger partial charge in [0.05, 0.1) is 5.41 Å². The van der Waals surface area contributed by atoms with Gasteiger partial charge in [-0.1, -0.05) is 12.0 Å². The Morgan fingerprint density at radius 2 is 2.15 bits per heavy atom. The molecule has 1 rings (SSSR count). The second-order valence-electron chi connectivity index (χ2n) is 5.27. The molecule has 0 aromatic carbocycles. The molecule has 0 unspecified atom stereocenters. The van der Waals surface area contributed by atoms with Gasteiger partial charge in [0.2, 0.25) is 0 Å². The summed E-state index contributed by atoms with van der Waals surface area (Å²) in [5, 5.41) is 19.5. The monoisotopic (exact) mass is 274 g/mol. The molecule has 0 heterocycles. The minimum atomic E-state index is -1.47. The molecule has 2 N–H and O–H groups in total. The van der Waals surface area contributed by atoms with Crippen LogP contribution in [0, 0.1) is 17.8 Å². The summed E-state index contributed by atoms with van der Waals surface area (Å²) >= 11 is 0. The predicted molar refractivity (Wildman–Crippen MR) is 75.8 cm³/mol. The number of carbonyl (C=O) groups excluding carboxylic acids is 1. The summed E-state index contributed by atoms with van der Waals surface area (Å²) in [6.45, 7) is 4.88. The van der Waals surface area contributed by atoms with Crippen LogP contribution in [0.15, 0.2) is 35.5 Å². The zero-order chi connectivity index (χ0) is 15.6. The summed E-state index contributed by atoms with van der Waals surface area (Å²) in [7, 11) is 0. The highest BCUT2D eigenvalue weighted by Gasteiger charge is 2.49. The molecule has 0 saturated carbocycles. The van der Waals surface area contributed by atoms with Crippen molar-refractivity contribution in [3.05, 3.63) is 35.5 Å². The Kier molecular flexibility index (Phi) is 4.36. The van der Waals surface area contributed by atoms with Gasteiger partial charge in [0.15, 0.2) is 5.78 Å². The van der Waals surface area contributed by atoms with Crippen molar-refractivity contribution in [2.75, 3.05) is 0 Å². The Morgan fingerprint density at radius 1 is 1.55 bits per heavy atom. The normalized spacial score (nSPS) is 31.1. The highest BCUT2D eigenvalue weighted by Crippen LogP contribution is 2.44. The van der Waals surface area contributed by atoms with Gasteiger partial charge in [-0.05, 0) is 44.1 Å². The number of aliphatic carboxylic acids is 1. The lowest BCUT2D eigenvalue weighted by molar-refractivity contribution is -0.131. The van der Waals surface area contributed by atoms with Crippen molar-refractivity contribution >= 4 is 11.8 Å². The average molecular weight is 274 g/mol. The van der Waals surface area contributed by atoms with Crippen molar-refractivity contribution in [3.63, 3.8) is 0 Å². The van der Waals surface area contributed by atoms with Crippen LogP contribution < -0.4 is 0 Å². The first-order valence-corrected chi connectivity index (χ1v) is 6.17. The lowest BCUT2D eigenvalue weighted by atomic mass is 9.64. The van der Waals surface area contributed by atoms with Gasteiger partial charge in [0.1, 0.15) is 5.60 Å². The van der Waals surface area contributed by atoms with Gasteiger partial charge in [-0.25, -0.2) is 4.79 Å². The SMILES string of the molecule is C#C[C@@]1(C)CC(=O)C=C(C)[C@]1(O)/C=C/C(C)=C/C(=O)O. The van der Waals surface area contributed by atoms with E-state index in [0.717, 1.165) is 6.08 Å². The first-order chi connectivity index (χ1) is 9.14. The first-order valence-electron chi connectivity index (χ1n) is 6.17. The molecule has 0 fully saturated rings. The lowest BCUT2D eigenvalue weighted by Crippen LogP contribution is -2.49. The van der Waals surface area contributed by atoms with E-state index in [1.54, 1.807) is 20.8 Å². The minimum absolute atomic E-state index is 0.0450. The van der Waals surface area contributed by atoms with E-state index >= 15 is 0 Å². The fraction of sp³-hybridized carbons (Fsp3) is 0.375. The molecule has 1 aliphatic rings. The smallest absolute Gasteiger partial charge is 0.328 e. The van der Waals surface area contributed by atoms with E-state index in [-0.39, 0.29) is 12.2 Å².